The average Bonchev–Trinajstić information content (AvgIpc) is 3.36. The Bertz CT molecular complexity index is 1150. The quantitative estimate of drug-likeness (QED) is 0.133. The summed E-state index contributed by atoms with van der Waals surface area (Å²) >= 11 is 1.20. The van der Waals surface area contributed by atoms with Gasteiger partial charge in [-0.3, -0.25) is 25.1 Å². The van der Waals surface area contributed by atoms with Crippen molar-refractivity contribution in [2.24, 2.45) is 0 Å². The van der Waals surface area contributed by atoms with E-state index in [-0.39, 0.29) is 17.1 Å². The summed E-state index contributed by atoms with van der Waals surface area (Å²) in [6.07, 6.45) is 3.85. The van der Waals surface area contributed by atoms with Gasteiger partial charge in [0.1, 0.15) is 0 Å². The molecular formula is C25H30N6O5S. The van der Waals surface area contributed by atoms with Gasteiger partial charge in [-0.2, -0.15) is 0 Å². The summed E-state index contributed by atoms with van der Waals surface area (Å²) in [7, 11) is 0. The molecule has 0 amide bonds. The largest absolute Gasteiger partial charge is 0.416 e. The molecule has 0 N–H and O–H groups in total. The molecule has 1 saturated heterocycles. The van der Waals surface area contributed by atoms with Crippen molar-refractivity contribution in [3.05, 3.63) is 85.8 Å². The van der Waals surface area contributed by atoms with E-state index in [1.54, 1.807) is 0 Å². The normalized spacial score (nSPS) is 14.6. The van der Waals surface area contributed by atoms with Gasteiger partial charge in [0.25, 0.3) is 16.6 Å². The minimum absolute atomic E-state index is 0.253. The van der Waals surface area contributed by atoms with Crippen LogP contribution in [0.4, 0.5) is 11.4 Å². The van der Waals surface area contributed by atoms with Gasteiger partial charge in [0.2, 0.25) is 5.89 Å². The Kier molecular flexibility index (Phi) is 9.58. The Labute approximate surface area is 219 Å². The highest BCUT2D eigenvalue weighted by Crippen LogP contribution is 2.28. The number of nitro benzene ring substituents is 2. The SMILES string of the molecule is O=[N+]([O-])c1cc(CSc2nnc(CCCCCN3CCN(Cc4ccccc4)CC3)o2)cc([N+](=O)[O-])c1. The molecule has 2 aromatic carbocycles. The molecule has 0 atom stereocenters. The van der Waals surface area contributed by atoms with Crippen molar-refractivity contribution in [3.63, 3.8) is 0 Å². The van der Waals surface area contributed by atoms with Crippen molar-refractivity contribution < 1.29 is 14.3 Å². The molecule has 0 spiro atoms. The molecule has 0 saturated carbocycles. The number of hydrogen-bond donors (Lipinski definition) is 0. The lowest BCUT2D eigenvalue weighted by atomic mass is 10.1. The van der Waals surface area contributed by atoms with Gasteiger partial charge in [0, 0.05) is 57.0 Å². The van der Waals surface area contributed by atoms with Crippen LogP contribution in [-0.4, -0.2) is 62.6 Å². The minimum atomic E-state index is -0.641. The predicted octanol–water partition coefficient (Wildman–Crippen LogP) is 4.71. The summed E-state index contributed by atoms with van der Waals surface area (Å²) in [5, 5.41) is 30.5. The summed E-state index contributed by atoms with van der Waals surface area (Å²) in [4.78, 5) is 25.9. The zero-order chi connectivity index (χ0) is 26.0. The Morgan fingerprint density at radius 1 is 0.838 bits per heavy atom. The second kappa shape index (κ2) is 13.3. The molecule has 0 unspecified atom stereocenters. The molecular weight excluding hydrogens is 496 g/mol. The summed E-state index contributed by atoms with van der Waals surface area (Å²) in [6.45, 7) is 6.52. The van der Waals surface area contributed by atoms with E-state index >= 15 is 0 Å². The van der Waals surface area contributed by atoms with E-state index in [2.05, 4.69) is 50.3 Å². The van der Waals surface area contributed by atoms with Gasteiger partial charge >= 0.3 is 0 Å². The first-order valence-electron chi connectivity index (χ1n) is 12.3. The molecule has 0 bridgehead atoms. The fourth-order valence-electron chi connectivity index (χ4n) is 4.29. The molecule has 2 heterocycles. The van der Waals surface area contributed by atoms with Gasteiger partial charge in [0.05, 0.1) is 15.9 Å². The number of unbranched alkanes of at least 4 members (excludes halogenated alkanes) is 2. The predicted molar refractivity (Wildman–Crippen MR) is 139 cm³/mol. The third-order valence-electron chi connectivity index (χ3n) is 6.27. The molecule has 4 rings (SSSR count). The number of benzene rings is 2. The van der Waals surface area contributed by atoms with Crippen LogP contribution in [0.1, 0.15) is 36.3 Å². The summed E-state index contributed by atoms with van der Waals surface area (Å²) < 4.78 is 5.67. The van der Waals surface area contributed by atoms with Gasteiger partial charge < -0.3 is 9.32 Å². The van der Waals surface area contributed by atoms with E-state index < -0.39 is 9.85 Å². The standard InChI is InChI=1S/C25H30N6O5S/c32-30(33)22-15-21(16-23(17-22)31(34)35)19-37-25-27-26-24(36-25)9-5-2-6-10-28-11-13-29(14-12-28)18-20-7-3-1-4-8-20/h1,3-4,7-8,15-17H,2,5-6,9-14,18-19H2. The zero-order valence-corrected chi connectivity index (χ0v) is 21.3. The number of aromatic nitrogens is 2. The van der Waals surface area contributed by atoms with Crippen LogP contribution >= 0.6 is 11.8 Å². The number of non-ortho nitro benzene ring substituents is 2. The van der Waals surface area contributed by atoms with Crippen molar-refractivity contribution in [1.29, 1.82) is 0 Å². The van der Waals surface area contributed by atoms with E-state index in [4.69, 9.17) is 4.42 Å². The first kappa shape index (κ1) is 26.7. The molecule has 0 radical (unpaired) electrons. The van der Waals surface area contributed by atoms with Crippen LogP contribution in [0.5, 0.6) is 0 Å². The highest BCUT2D eigenvalue weighted by atomic mass is 32.2. The van der Waals surface area contributed by atoms with Gasteiger partial charge in [-0.05, 0) is 30.5 Å². The molecule has 1 aliphatic rings. The van der Waals surface area contributed by atoms with Crippen LogP contribution in [-0.2, 0) is 18.7 Å². The fourth-order valence-corrected chi connectivity index (χ4v) is 5.00. The molecule has 37 heavy (non-hydrogen) atoms. The number of nitrogens with zero attached hydrogens (tertiary/aromatic N) is 6. The fraction of sp³-hybridized carbons (Fsp3) is 0.440. The van der Waals surface area contributed by atoms with Crippen LogP contribution in [0.2, 0.25) is 0 Å². The number of thioether (sulfide) groups is 1. The van der Waals surface area contributed by atoms with E-state index in [1.165, 1.54) is 29.5 Å². The van der Waals surface area contributed by atoms with Crippen LogP contribution in [0.3, 0.4) is 0 Å². The summed E-state index contributed by atoms with van der Waals surface area (Å²) in [6, 6.07) is 14.2. The van der Waals surface area contributed by atoms with Crippen molar-refractivity contribution in [1.82, 2.24) is 20.0 Å². The Morgan fingerprint density at radius 2 is 1.51 bits per heavy atom. The van der Waals surface area contributed by atoms with Crippen LogP contribution in [0, 0.1) is 20.2 Å². The molecule has 3 aromatic rings. The summed E-state index contributed by atoms with van der Waals surface area (Å²) in [5.41, 5.74) is 1.19. The number of rotatable bonds is 13. The minimum Gasteiger partial charge on any atom is -0.416 e. The second-order valence-corrected chi connectivity index (χ2v) is 9.96. The van der Waals surface area contributed by atoms with Gasteiger partial charge in [-0.25, -0.2) is 0 Å². The molecule has 1 fully saturated rings. The highest BCUT2D eigenvalue weighted by Gasteiger charge is 2.18. The van der Waals surface area contributed by atoms with E-state index in [0.29, 0.717) is 23.1 Å². The average molecular weight is 527 g/mol. The summed E-state index contributed by atoms with van der Waals surface area (Å²) in [5.74, 6) is 0.810. The molecule has 11 nitrogen and oxygen atoms in total. The highest BCUT2D eigenvalue weighted by molar-refractivity contribution is 7.98. The number of nitro groups is 2. The molecule has 1 aromatic heterocycles. The number of hydrogen-bond acceptors (Lipinski definition) is 10. The zero-order valence-electron chi connectivity index (χ0n) is 20.5. The third-order valence-corrected chi connectivity index (χ3v) is 7.16. The lowest BCUT2D eigenvalue weighted by molar-refractivity contribution is -0.394. The van der Waals surface area contributed by atoms with E-state index in [9.17, 15) is 20.2 Å². The van der Waals surface area contributed by atoms with Gasteiger partial charge in [0.15, 0.2) is 0 Å². The second-order valence-electron chi connectivity index (χ2n) is 9.04. The first-order valence-corrected chi connectivity index (χ1v) is 13.3. The van der Waals surface area contributed by atoms with Crippen LogP contribution in [0.15, 0.2) is 58.2 Å². The lowest BCUT2D eigenvalue weighted by Crippen LogP contribution is -2.46. The Balaban J connectivity index is 1.12. The molecule has 0 aliphatic carbocycles. The van der Waals surface area contributed by atoms with Gasteiger partial charge in [-0.1, -0.05) is 48.5 Å². The maximum Gasteiger partial charge on any atom is 0.276 e. The van der Waals surface area contributed by atoms with Crippen molar-refractivity contribution in [3.8, 4) is 0 Å². The maximum absolute atomic E-state index is 11.0. The Hall–Kier alpha value is -3.35. The van der Waals surface area contributed by atoms with Gasteiger partial charge in [-0.15, -0.1) is 10.2 Å². The van der Waals surface area contributed by atoms with E-state index in [1.807, 2.05) is 0 Å². The van der Waals surface area contributed by atoms with Crippen molar-refractivity contribution >= 4 is 23.1 Å². The first-order chi connectivity index (χ1) is 18.0. The lowest BCUT2D eigenvalue weighted by Gasteiger charge is -2.34. The Morgan fingerprint density at radius 3 is 2.19 bits per heavy atom. The topological polar surface area (TPSA) is 132 Å². The maximum atomic E-state index is 11.0. The van der Waals surface area contributed by atoms with Crippen LogP contribution < -0.4 is 0 Å². The molecule has 196 valence electrons. The molecule has 12 heteroatoms. The smallest absolute Gasteiger partial charge is 0.276 e. The number of piperazine rings is 1. The monoisotopic (exact) mass is 526 g/mol. The van der Waals surface area contributed by atoms with E-state index in [0.717, 1.165) is 64.6 Å². The molecule has 1 aliphatic heterocycles. The van der Waals surface area contributed by atoms with Crippen LogP contribution in [0.25, 0.3) is 0 Å². The van der Waals surface area contributed by atoms with Crippen molar-refractivity contribution in [2.75, 3.05) is 32.7 Å². The third kappa shape index (κ3) is 8.34. The number of aryl methyl sites for hydroxylation is 1. The van der Waals surface area contributed by atoms with Crippen molar-refractivity contribution in [2.45, 2.75) is 43.2 Å².